The number of carbonyl (C=O) groups excluding carboxylic acids is 1. The van der Waals surface area contributed by atoms with Gasteiger partial charge in [-0.25, -0.2) is 5.06 Å². The van der Waals surface area contributed by atoms with Crippen molar-refractivity contribution < 1.29 is 9.63 Å². The van der Waals surface area contributed by atoms with E-state index in [1.807, 2.05) is 6.92 Å². The first-order valence-electron chi connectivity index (χ1n) is 5.14. The van der Waals surface area contributed by atoms with Gasteiger partial charge in [0, 0.05) is 13.6 Å². The molecule has 1 amide bonds. The van der Waals surface area contributed by atoms with Gasteiger partial charge in [0.05, 0.1) is 12.3 Å². The zero-order valence-electron chi connectivity index (χ0n) is 9.06. The molecule has 5 heteroatoms. The smallest absolute Gasteiger partial charge is 0.271 e. The molecule has 1 aromatic rings. The molecule has 0 N–H and O–H groups in total. The second-order valence-corrected chi connectivity index (χ2v) is 3.74. The maximum absolute atomic E-state index is 12.0. The standard InChI is InChI=1S/C10H15N3O2/c1-8-7-9(12(2)11-8)10(14)13-5-3-4-6-15-13/h7H,3-6H2,1-2H3. The first kappa shape index (κ1) is 10.2. The van der Waals surface area contributed by atoms with E-state index in [0.29, 0.717) is 18.8 Å². The van der Waals surface area contributed by atoms with Gasteiger partial charge in [-0.15, -0.1) is 0 Å². The van der Waals surface area contributed by atoms with Gasteiger partial charge in [-0.3, -0.25) is 14.3 Å². The highest BCUT2D eigenvalue weighted by Gasteiger charge is 2.22. The number of aromatic nitrogens is 2. The van der Waals surface area contributed by atoms with Crippen molar-refractivity contribution in [1.29, 1.82) is 0 Å². The lowest BCUT2D eigenvalue weighted by atomic mass is 10.3. The first-order valence-corrected chi connectivity index (χ1v) is 5.14. The highest BCUT2D eigenvalue weighted by atomic mass is 16.7. The zero-order chi connectivity index (χ0) is 10.8. The molecule has 0 unspecified atom stereocenters. The van der Waals surface area contributed by atoms with Gasteiger partial charge < -0.3 is 0 Å². The van der Waals surface area contributed by atoms with Crippen LogP contribution in [0.5, 0.6) is 0 Å². The Kier molecular flexibility index (Phi) is 2.73. The summed E-state index contributed by atoms with van der Waals surface area (Å²) in [5.74, 6) is -0.0993. The van der Waals surface area contributed by atoms with Crippen LogP contribution in [0.1, 0.15) is 29.0 Å². The molecular weight excluding hydrogens is 194 g/mol. The average molecular weight is 209 g/mol. The Morgan fingerprint density at radius 3 is 2.87 bits per heavy atom. The molecule has 0 saturated carbocycles. The van der Waals surface area contributed by atoms with E-state index < -0.39 is 0 Å². The molecule has 5 nitrogen and oxygen atoms in total. The fourth-order valence-corrected chi connectivity index (χ4v) is 1.70. The van der Waals surface area contributed by atoms with Crippen molar-refractivity contribution in [2.24, 2.45) is 7.05 Å². The number of hydrogen-bond acceptors (Lipinski definition) is 3. The van der Waals surface area contributed by atoms with Gasteiger partial charge in [0.2, 0.25) is 0 Å². The predicted molar refractivity (Wildman–Crippen MR) is 54.2 cm³/mol. The highest BCUT2D eigenvalue weighted by Crippen LogP contribution is 2.11. The van der Waals surface area contributed by atoms with E-state index in [1.165, 1.54) is 5.06 Å². The quantitative estimate of drug-likeness (QED) is 0.690. The predicted octanol–water partition coefficient (Wildman–Crippen LogP) is 0.896. The Hall–Kier alpha value is -1.36. The molecule has 2 heterocycles. The lowest BCUT2D eigenvalue weighted by Gasteiger charge is -2.25. The largest absolute Gasteiger partial charge is 0.295 e. The Morgan fingerprint density at radius 2 is 2.33 bits per heavy atom. The summed E-state index contributed by atoms with van der Waals surface area (Å²) in [7, 11) is 1.77. The van der Waals surface area contributed by atoms with E-state index in [9.17, 15) is 4.79 Å². The van der Waals surface area contributed by atoms with Crippen molar-refractivity contribution in [3.63, 3.8) is 0 Å². The van der Waals surface area contributed by atoms with Gasteiger partial charge in [-0.2, -0.15) is 5.10 Å². The molecule has 1 fully saturated rings. The Balaban J connectivity index is 2.16. The normalized spacial score (nSPS) is 16.8. The van der Waals surface area contributed by atoms with E-state index in [-0.39, 0.29) is 5.91 Å². The number of hydrogen-bond donors (Lipinski definition) is 0. The first-order chi connectivity index (χ1) is 7.18. The fourth-order valence-electron chi connectivity index (χ4n) is 1.70. The summed E-state index contributed by atoms with van der Waals surface area (Å²) in [6.07, 6.45) is 2.02. The van der Waals surface area contributed by atoms with Gasteiger partial charge in [0.15, 0.2) is 0 Å². The lowest BCUT2D eigenvalue weighted by molar-refractivity contribution is -0.144. The van der Waals surface area contributed by atoms with Crippen LogP contribution >= 0.6 is 0 Å². The molecule has 0 aromatic carbocycles. The second-order valence-electron chi connectivity index (χ2n) is 3.74. The number of rotatable bonds is 1. The molecule has 1 aliphatic rings. The second kappa shape index (κ2) is 4.02. The van der Waals surface area contributed by atoms with Crippen LogP contribution in [0.4, 0.5) is 0 Å². The van der Waals surface area contributed by atoms with Crippen LogP contribution in [0.25, 0.3) is 0 Å². The number of aryl methyl sites for hydroxylation is 2. The molecule has 0 bridgehead atoms. The molecule has 1 aliphatic heterocycles. The minimum absolute atomic E-state index is 0.0993. The molecule has 0 radical (unpaired) electrons. The summed E-state index contributed by atoms with van der Waals surface area (Å²) in [5, 5.41) is 5.57. The molecule has 82 valence electrons. The molecule has 2 rings (SSSR count). The van der Waals surface area contributed by atoms with Crippen LogP contribution in [0.2, 0.25) is 0 Å². The Bertz CT molecular complexity index is 367. The third-order valence-corrected chi connectivity index (χ3v) is 2.45. The fraction of sp³-hybridized carbons (Fsp3) is 0.600. The van der Waals surface area contributed by atoms with Crippen LogP contribution in [0.3, 0.4) is 0 Å². The molecule has 15 heavy (non-hydrogen) atoms. The molecule has 1 saturated heterocycles. The van der Waals surface area contributed by atoms with Gasteiger partial charge in [-0.05, 0) is 25.8 Å². The van der Waals surface area contributed by atoms with Crippen LogP contribution in [0, 0.1) is 6.92 Å². The average Bonchev–Trinajstić information content (AvgIpc) is 2.58. The summed E-state index contributed by atoms with van der Waals surface area (Å²) >= 11 is 0. The van der Waals surface area contributed by atoms with Crippen molar-refractivity contribution in [3.8, 4) is 0 Å². The van der Waals surface area contributed by atoms with Crippen molar-refractivity contribution in [2.75, 3.05) is 13.2 Å². The van der Waals surface area contributed by atoms with Gasteiger partial charge in [0.25, 0.3) is 5.91 Å². The summed E-state index contributed by atoms with van der Waals surface area (Å²) in [5.41, 5.74) is 1.42. The van der Waals surface area contributed by atoms with Crippen molar-refractivity contribution in [1.82, 2.24) is 14.8 Å². The summed E-state index contributed by atoms with van der Waals surface area (Å²) in [4.78, 5) is 17.3. The third-order valence-electron chi connectivity index (χ3n) is 2.45. The summed E-state index contributed by atoms with van der Waals surface area (Å²) in [6, 6.07) is 1.78. The van der Waals surface area contributed by atoms with E-state index in [2.05, 4.69) is 5.10 Å². The van der Waals surface area contributed by atoms with E-state index in [1.54, 1.807) is 17.8 Å². The summed E-state index contributed by atoms with van der Waals surface area (Å²) < 4.78 is 1.59. The van der Waals surface area contributed by atoms with Crippen LogP contribution in [-0.4, -0.2) is 33.9 Å². The van der Waals surface area contributed by atoms with Crippen molar-refractivity contribution >= 4 is 5.91 Å². The Morgan fingerprint density at radius 1 is 1.53 bits per heavy atom. The van der Waals surface area contributed by atoms with Crippen LogP contribution in [-0.2, 0) is 11.9 Å². The van der Waals surface area contributed by atoms with Gasteiger partial charge in [-0.1, -0.05) is 0 Å². The maximum atomic E-state index is 12.0. The van der Waals surface area contributed by atoms with Crippen LogP contribution in [0.15, 0.2) is 6.07 Å². The molecule has 1 aromatic heterocycles. The summed E-state index contributed by atoms with van der Waals surface area (Å²) in [6.45, 7) is 3.17. The number of nitrogens with zero attached hydrogens (tertiary/aromatic N) is 3. The minimum Gasteiger partial charge on any atom is -0.271 e. The van der Waals surface area contributed by atoms with E-state index in [0.717, 1.165) is 18.5 Å². The third kappa shape index (κ3) is 2.02. The van der Waals surface area contributed by atoms with Gasteiger partial charge in [0.1, 0.15) is 5.69 Å². The zero-order valence-corrected chi connectivity index (χ0v) is 9.06. The minimum atomic E-state index is -0.0993. The van der Waals surface area contributed by atoms with E-state index >= 15 is 0 Å². The van der Waals surface area contributed by atoms with Crippen molar-refractivity contribution in [3.05, 3.63) is 17.5 Å². The van der Waals surface area contributed by atoms with Crippen molar-refractivity contribution in [2.45, 2.75) is 19.8 Å². The van der Waals surface area contributed by atoms with Crippen LogP contribution < -0.4 is 0 Å². The lowest BCUT2D eigenvalue weighted by Crippen LogP contribution is -2.36. The number of amides is 1. The Labute approximate surface area is 88.6 Å². The molecule has 0 spiro atoms. The maximum Gasteiger partial charge on any atom is 0.295 e. The van der Waals surface area contributed by atoms with Gasteiger partial charge >= 0.3 is 0 Å². The molecule has 0 atom stereocenters. The number of carbonyl (C=O) groups is 1. The monoisotopic (exact) mass is 209 g/mol. The SMILES string of the molecule is Cc1cc(C(=O)N2CCCCO2)n(C)n1. The number of hydroxylamine groups is 2. The van der Waals surface area contributed by atoms with E-state index in [4.69, 9.17) is 4.84 Å². The highest BCUT2D eigenvalue weighted by molar-refractivity contribution is 5.92. The topological polar surface area (TPSA) is 47.4 Å². The molecule has 0 aliphatic carbocycles. The molecular formula is C10H15N3O2.